The van der Waals surface area contributed by atoms with Crippen LogP contribution >= 0.6 is 0 Å². The Labute approximate surface area is 271 Å². The number of benzene rings is 2. The molecular formula is C33H45N5O7S. The van der Waals surface area contributed by atoms with Gasteiger partial charge in [-0.2, -0.15) is 8.42 Å². The van der Waals surface area contributed by atoms with E-state index in [9.17, 15) is 23.1 Å². The first-order chi connectivity index (χ1) is 21.9. The number of carbonyl (C=O) groups excluding carboxylic acids is 2. The Kier molecular flexibility index (Phi) is 11.8. The molecule has 3 aromatic rings. The molecule has 0 radical (unpaired) electrons. The quantitative estimate of drug-likeness (QED) is 0.373. The van der Waals surface area contributed by atoms with Gasteiger partial charge >= 0.3 is 0 Å². The topological polar surface area (TPSA) is 143 Å². The largest absolute Gasteiger partial charge is 0.490 e. The molecule has 1 aliphatic heterocycles. The van der Waals surface area contributed by atoms with Gasteiger partial charge in [-0.05, 0) is 63.4 Å². The Morgan fingerprint density at radius 1 is 1.17 bits per heavy atom. The van der Waals surface area contributed by atoms with Crippen molar-refractivity contribution in [2.24, 2.45) is 13.0 Å². The number of nitrogens with zero attached hydrogens (tertiary/aromatic N) is 4. The van der Waals surface area contributed by atoms with E-state index in [0.29, 0.717) is 30.9 Å². The van der Waals surface area contributed by atoms with Crippen LogP contribution in [0.5, 0.6) is 5.75 Å². The maximum atomic E-state index is 14.3. The average Bonchev–Trinajstić information content (AvgIpc) is 3.49. The molecule has 0 bridgehead atoms. The Morgan fingerprint density at radius 2 is 1.91 bits per heavy atom. The zero-order chi connectivity index (χ0) is 33.4. The van der Waals surface area contributed by atoms with Crippen LogP contribution in [0.3, 0.4) is 0 Å². The normalized spacial score (nSPS) is 20.6. The van der Waals surface area contributed by atoms with Crippen LogP contribution in [0.4, 0.5) is 5.69 Å². The molecule has 1 aliphatic rings. The minimum atomic E-state index is -4.02. The first-order valence-electron chi connectivity index (χ1n) is 15.5. The zero-order valence-corrected chi connectivity index (χ0v) is 27.9. The number of amides is 2. The summed E-state index contributed by atoms with van der Waals surface area (Å²) in [5, 5.41) is 10.0. The van der Waals surface area contributed by atoms with Gasteiger partial charge in [-0.1, -0.05) is 25.1 Å². The molecule has 2 aromatic carbocycles. The van der Waals surface area contributed by atoms with E-state index in [0.717, 1.165) is 12.8 Å². The summed E-state index contributed by atoms with van der Waals surface area (Å²) in [6.45, 7) is 6.31. The van der Waals surface area contributed by atoms with Gasteiger partial charge in [-0.3, -0.25) is 14.3 Å². The number of aromatic nitrogens is 2. The number of rotatable bonds is 8. The number of likely N-dealkylation sites (N-methyl/N-ethyl adjacent to an activating group) is 1. The Bertz CT molecular complexity index is 1580. The van der Waals surface area contributed by atoms with E-state index in [4.69, 9.17) is 9.47 Å². The van der Waals surface area contributed by atoms with Gasteiger partial charge in [0.1, 0.15) is 5.75 Å². The molecule has 2 heterocycles. The standard InChI is InChI=1S/C33H45N5O7S/c1-23-18-38(24(2)21-39)33(41)28-17-27(35-46(42,43)31-20-36(4)22-34-31)14-15-29(28)45-25(3)11-9-10-16-44-30(23)19-37(5)32(40)26-12-7-6-8-13-26/h6-8,12-15,17,20,22-25,30,35,39H,9-11,16,18-19,21H2,1-5H3/t23-,24+,25-,30-/m0/s1. The van der Waals surface area contributed by atoms with Gasteiger partial charge in [0.25, 0.3) is 21.8 Å². The van der Waals surface area contributed by atoms with Gasteiger partial charge in [0.05, 0.1) is 36.7 Å². The number of hydrogen-bond donors (Lipinski definition) is 2. The summed E-state index contributed by atoms with van der Waals surface area (Å²) < 4.78 is 42.7. The molecule has 0 spiro atoms. The van der Waals surface area contributed by atoms with E-state index in [1.807, 2.05) is 32.0 Å². The molecule has 2 amide bonds. The number of fused-ring (bicyclic) bond motifs is 1. The zero-order valence-electron chi connectivity index (χ0n) is 27.1. The Morgan fingerprint density at radius 3 is 2.59 bits per heavy atom. The van der Waals surface area contributed by atoms with Crippen LogP contribution in [-0.2, 0) is 21.8 Å². The summed E-state index contributed by atoms with van der Waals surface area (Å²) in [5.74, 6) is -0.479. The molecule has 46 heavy (non-hydrogen) atoms. The molecule has 4 atom stereocenters. The number of nitrogens with one attached hydrogen (secondary N) is 1. The predicted molar refractivity (Wildman–Crippen MR) is 174 cm³/mol. The maximum Gasteiger partial charge on any atom is 0.280 e. The van der Waals surface area contributed by atoms with Crippen molar-refractivity contribution in [3.05, 3.63) is 72.2 Å². The van der Waals surface area contributed by atoms with E-state index in [-0.39, 0.29) is 47.4 Å². The highest BCUT2D eigenvalue weighted by molar-refractivity contribution is 7.92. The van der Waals surface area contributed by atoms with E-state index in [1.165, 1.54) is 23.2 Å². The summed E-state index contributed by atoms with van der Waals surface area (Å²) in [5.41, 5.74) is 0.901. The number of aryl methyl sites for hydroxylation is 1. The summed E-state index contributed by atoms with van der Waals surface area (Å²) in [7, 11) is -0.618. The van der Waals surface area contributed by atoms with Crippen molar-refractivity contribution in [1.29, 1.82) is 0 Å². The van der Waals surface area contributed by atoms with Crippen LogP contribution in [0, 0.1) is 5.92 Å². The van der Waals surface area contributed by atoms with Crippen molar-refractivity contribution in [2.45, 2.75) is 63.3 Å². The van der Waals surface area contributed by atoms with Crippen LogP contribution in [0.1, 0.15) is 60.7 Å². The second-order valence-electron chi connectivity index (χ2n) is 12.0. The van der Waals surface area contributed by atoms with E-state index in [1.54, 1.807) is 55.1 Å². The minimum Gasteiger partial charge on any atom is -0.490 e. The Balaban J connectivity index is 1.66. The lowest BCUT2D eigenvalue weighted by Gasteiger charge is -2.36. The number of aliphatic hydroxyl groups is 1. The Hall–Kier alpha value is -3.94. The number of imidazole rings is 1. The fraction of sp³-hybridized carbons (Fsp3) is 0.485. The molecule has 13 heteroatoms. The molecule has 0 aliphatic carbocycles. The molecule has 250 valence electrons. The number of carbonyl (C=O) groups is 2. The molecule has 12 nitrogen and oxygen atoms in total. The van der Waals surface area contributed by atoms with Gasteiger partial charge in [0.2, 0.25) is 0 Å². The summed E-state index contributed by atoms with van der Waals surface area (Å²) in [6, 6.07) is 13.1. The van der Waals surface area contributed by atoms with Crippen LogP contribution in [-0.4, -0.2) is 96.3 Å². The number of anilines is 1. The molecular weight excluding hydrogens is 610 g/mol. The molecule has 0 unspecified atom stereocenters. The molecule has 0 saturated carbocycles. The van der Waals surface area contributed by atoms with E-state index >= 15 is 0 Å². The van der Waals surface area contributed by atoms with Crippen molar-refractivity contribution in [2.75, 3.05) is 38.1 Å². The summed E-state index contributed by atoms with van der Waals surface area (Å²) >= 11 is 0. The number of hydrogen-bond acceptors (Lipinski definition) is 8. The molecule has 1 aromatic heterocycles. The lowest BCUT2D eigenvalue weighted by Crippen LogP contribution is -2.48. The smallest absolute Gasteiger partial charge is 0.280 e. The highest BCUT2D eigenvalue weighted by atomic mass is 32.2. The lowest BCUT2D eigenvalue weighted by atomic mass is 10.0. The van der Waals surface area contributed by atoms with Crippen LogP contribution < -0.4 is 9.46 Å². The van der Waals surface area contributed by atoms with Gasteiger partial charge in [-0.15, -0.1) is 0 Å². The third-order valence-corrected chi connectivity index (χ3v) is 9.35. The number of ether oxygens (including phenoxy) is 2. The average molecular weight is 656 g/mol. The molecule has 4 rings (SSSR count). The van der Waals surface area contributed by atoms with Gasteiger partial charge in [-0.25, -0.2) is 4.98 Å². The second-order valence-corrected chi connectivity index (χ2v) is 13.7. The van der Waals surface area contributed by atoms with Gasteiger partial charge in [0, 0.05) is 57.2 Å². The summed E-state index contributed by atoms with van der Waals surface area (Å²) in [4.78, 5) is 34.6. The molecule has 0 fully saturated rings. The van der Waals surface area contributed by atoms with Crippen molar-refractivity contribution in [3.63, 3.8) is 0 Å². The number of aliphatic hydroxyl groups excluding tert-OH is 1. The van der Waals surface area contributed by atoms with Crippen molar-refractivity contribution >= 4 is 27.5 Å². The highest BCUT2D eigenvalue weighted by Crippen LogP contribution is 2.29. The fourth-order valence-corrected chi connectivity index (χ4v) is 6.37. The van der Waals surface area contributed by atoms with Crippen LogP contribution in [0.2, 0.25) is 0 Å². The lowest BCUT2D eigenvalue weighted by molar-refractivity contribution is -0.0149. The maximum absolute atomic E-state index is 14.3. The van der Waals surface area contributed by atoms with Crippen LogP contribution in [0.15, 0.2) is 66.1 Å². The predicted octanol–water partition coefficient (Wildman–Crippen LogP) is 3.79. The van der Waals surface area contributed by atoms with Crippen molar-refractivity contribution in [3.8, 4) is 5.75 Å². The first kappa shape index (κ1) is 34.9. The second kappa shape index (κ2) is 15.6. The van der Waals surface area contributed by atoms with Gasteiger partial charge < -0.3 is 28.9 Å². The molecule has 2 N–H and O–H groups in total. The fourth-order valence-electron chi connectivity index (χ4n) is 5.34. The molecule has 0 saturated heterocycles. The monoisotopic (exact) mass is 655 g/mol. The van der Waals surface area contributed by atoms with Gasteiger partial charge in [0.15, 0.2) is 5.03 Å². The van der Waals surface area contributed by atoms with Crippen LogP contribution in [0.25, 0.3) is 0 Å². The van der Waals surface area contributed by atoms with Crippen molar-refractivity contribution in [1.82, 2.24) is 19.4 Å². The summed E-state index contributed by atoms with van der Waals surface area (Å²) in [6.07, 6.45) is 4.44. The number of sulfonamides is 1. The third kappa shape index (κ3) is 8.86. The van der Waals surface area contributed by atoms with Crippen molar-refractivity contribution < 1.29 is 32.6 Å². The third-order valence-electron chi connectivity index (χ3n) is 8.08. The van der Waals surface area contributed by atoms with E-state index in [2.05, 4.69) is 9.71 Å². The SMILES string of the molecule is C[C@H](CO)N1C[C@H](C)[C@H](CN(C)C(=O)c2ccccc2)OCCCC[C@H](C)Oc2ccc(NS(=O)(=O)c3cn(C)cn3)cc2C1=O. The van der Waals surface area contributed by atoms with E-state index < -0.39 is 28.1 Å². The highest BCUT2D eigenvalue weighted by Gasteiger charge is 2.31. The minimum absolute atomic E-state index is 0.131. The first-order valence-corrected chi connectivity index (χ1v) is 17.0.